The lowest BCUT2D eigenvalue weighted by molar-refractivity contribution is 0.0960. The molecule has 2 atom stereocenters. The van der Waals surface area contributed by atoms with Crippen LogP contribution in [-0.4, -0.2) is 80.3 Å². The van der Waals surface area contributed by atoms with Crippen LogP contribution in [0.15, 0.2) is 0 Å². The zero-order valence-electron chi connectivity index (χ0n) is 13.5. The van der Waals surface area contributed by atoms with E-state index in [1.165, 1.54) is 12.8 Å². The Morgan fingerprint density at radius 2 is 1.95 bits per heavy atom. The fraction of sp³-hybridized carbons (Fsp3) is 0.938. The minimum Gasteiger partial charge on any atom is -0.384 e. The van der Waals surface area contributed by atoms with E-state index < -0.39 is 0 Å². The van der Waals surface area contributed by atoms with Crippen molar-refractivity contribution in [1.29, 1.82) is 0 Å². The van der Waals surface area contributed by atoms with Crippen molar-refractivity contribution in [3.05, 3.63) is 0 Å². The smallest absolute Gasteiger partial charge is 0.320 e. The van der Waals surface area contributed by atoms with Crippen LogP contribution < -0.4 is 0 Å². The number of carbonyl (C=O) groups is 1. The van der Waals surface area contributed by atoms with E-state index in [4.69, 9.17) is 4.74 Å². The largest absolute Gasteiger partial charge is 0.384 e. The highest BCUT2D eigenvalue weighted by atomic mass is 16.5. The highest BCUT2D eigenvalue weighted by Gasteiger charge is 2.51. The van der Waals surface area contributed by atoms with Crippen LogP contribution in [0.1, 0.15) is 26.2 Å². The van der Waals surface area contributed by atoms with Crippen molar-refractivity contribution in [1.82, 2.24) is 14.7 Å². The van der Waals surface area contributed by atoms with E-state index in [1.54, 1.807) is 7.11 Å². The molecular formula is C16H29N3O2. The Kier molecular flexibility index (Phi) is 4.41. The lowest BCUT2D eigenvalue weighted by Crippen LogP contribution is -2.43. The number of hydrogen-bond donors (Lipinski definition) is 0. The Balaban J connectivity index is 1.67. The molecule has 1 spiro atoms. The molecule has 21 heavy (non-hydrogen) atoms. The number of nitrogens with zero attached hydrogens (tertiary/aromatic N) is 3. The fourth-order valence-electron chi connectivity index (χ4n) is 4.45. The van der Waals surface area contributed by atoms with Crippen LogP contribution in [0, 0.1) is 11.3 Å². The molecule has 0 bridgehead atoms. The number of likely N-dealkylation sites (tertiary alicyclic amines) is 3. The summed E-state index contributed by atoms with van der Waals surface area (Å²) in [6.07, 6.45) is 3.47. The number of rotatable bonds is 3. The number of urea groups is 1. The molecule has 120 valence electrons. The minimum atomic E-state index is 0.265. The molecule has 3 saturated heterocycles. The highest BCUT2D eigenvalue weighted by Crippen LogP contribution is 2.44. The Bertz CT molecular complexity index is 384. The topological polar surface area (TPSA) is 36.0 Å². The van der Waals surface area contributed by atoms with Crippen LogP contribution in [0.2, 0.25) is 0 Å². The van der Waals surface area contributed by atoms with E-state index in [2.05, 4.69) is 16.7 Å². The predicted octanol–water partition coefficient (Wildman–Crippen LogP) is 1.49. The number of amides is 2. The molecule has 0 aromatic rings. The van der Waals surface area contributed by atoms with Gasteiger partial charge >= 0.3 is 6.03 Å². The first-order valence-corrected chi connectivity index (χ1v) is 8.43. The van der Waals surface area contributed by atoms with Crippen molar-refractivity contribution in [3.8, 4) is 0 Å². The average Bonchev–Trinajstić information content (AvgIpc) is 3.21. The van der Waals surface area contributed by atoms with Crippen LogP contribution in [0.25, 0.3) is 0 Å². The van der Waals surface area contributed by atoms with Gasteiger partial charge in [-0.15, -0.1) is 0 Å². The first-order valence-electron chi connectivity index (χ1n) is 8.43. The Morgan fingerprint density at radius 1 is 1.19 bits per heavy atom. The van der Waals surface area contributed by atoms with Crippen LogP contribution >= 0.6 is 0 Å². The molecule has 5 heteroatoms. The Morgan fingerprint density at radius 3 is 2.62 bits per heavy atom. The summed E-state index contributed by atoms with van der Waals surface area (Å²) in [6.45, 7) is 10.1. The van der Waals surface area contributed by atoms with Crippen molar-refractivity contribution >= 4 is 6.03 Å². The summed E-state index contributed by atoms with van der Waals surface area (Å²) in [5.41, 5.74) is 0.265. The van der Waals surface area contributed by atoms with Crippen LogP contribution in [0.4, 0.5) is 4.79 Å². The normalized spacial score (nSPS) is 33.5. The third kappa shape index (κ3) is 2.78. The molecule has 3 heterocycles. The fourth-order valence-corrected chi connectivity index (χ4v) is 4.45. The summed E-state index contributed by atoms with van der Waals surface area (Å²) in [6, 6.07) is 0.274. The van der Waals surface area contributed by atoms with Gasteiger partial charge in [0.05, 0.1) is 6.61 Å². The predicted molar refractivity (Wildman–Crippen MR) is 82.3 cm³/mol. The molecule has 0 N–H and O–H groups in total. The van der Waals surface area contributed by atoms with Crippen molar-refractivity contribution in [3.63, 3.8) is 0 Å². The SMILES string of the molecule is CCN1C[C@H](COC)[C@@]2(CCN(C(=O)N3CCCC3)C2)C1. The van der Waals surface area contributed by atoms with Gasteiger partial charge in [0.1, 0.15) is 0 Å². The van der Waals surface area contributed by atoms with E-state index in [0.717, 1.165) is 58.8 Å². The second-order valence-corrected chi connectivity index (χ2v) is 6.99. The Hall–Kier alpha value is -0.810. The third-order valence-corrected chi connectivity index (χ3v) is 5.73. The number of methoxy groups -OCH3 is 1. The second-order valence-electron chi connectivity index (χ2n) is 6.99. The molecule has 0 saturated carbocycles. The van der Waals surface area contributed by atoms with E-state index in [1.807, 2.05) is 4.90 Å². The maximum Gasteiger partial charge on any atom is 0.320 e. The first kappa shape index (κ1) is 15.1. The Labute approximate surface area is 128 Å². The van der Waals surface area contributed by atoms with Crippen molar-refractivity contribution < 1.29 is 9.53 Å². The van der Waals surface area contributed by atoms with Gasteiger partial charge in [0.15, 0.2) is 0 Å². The molecule has 0 aromatic carbocycles. The van der Waals surface area contributed by atoms with Gasteiger partial charge in [-0.1, -0.05) is 6.92 Å². The molecule has 5 nitrogen and oxygen atoms in total. The molecular weight excluding hydrogens is 266 g/mol. The van der Waals surface area contributed by atoms with E-state index in [9.17, 15) is 4.79 Å². The summed E-state index contributed by atoms with van der Waals surface area (Å²) < 4.78 is 5.46. The van der Waals surface area contributed by atoms with Gasteiger partial charge in [-0.25, -0.2) is 4.79 Å². The van der Waals surface area contributed by atoms with Gasteiger partial charge < -0.3 is 19.4 Å². The molecule has 3 aliphatic rings. The minimum absolute atomic E-state index is 0.265. The van der Waals surface area contributed by atoms with Gasteiger partial charge in [-0.2, -0.15) is 0 Å². The summed E-state index contributed by atoms with van der Waals surface area (Å²) in [5.74, 6) is 0.568. The van der Waals surface area contributed by atoms with Gasteiger partial charge in [-0.3, -0.25) is 0 Å². The number of ether oxygens (including phenoxy) is 1. The van der Waals surface area contributed by atoms with Gasteiger partial charge in [0.25, 0.3) is 0 Å². The van der Waals surface area contributed by atoms with Crippen molar-refractivity contribution in [2.75, 3.05) is 59.5 Å². The maximum atomic E-state index is 12.6. The molecule has 2 amide bonds. The van der Waals surface area contributed by atoms with Crippen LogP contribution in [0.5, 0.6) is 0 Å². The lowest BCUT2D eigenvalue weighted by Gasteiger charge is -2.31. The van der Waals surface area contributed by atoms with Gasteiger partial charge in [0.2, 0.25) is 0 Å². The lowest BCUT2D eigenvalue weighted by atomic mass is 9.78. The monoisotopic (exact) mass is 295 g/mol. The molecule has 0 aromatic heterocycles. The summed E-state index contributed by atoms with van der Waals surface area (Å²) in [4.78, 5) is 19.3. The quantitative estimate of drug-likeness (QED) is 0.791. The van der Waals surface area contributed by atoms with E-state index >= 15 is 0 Å². The molecule has 3 rings (SSSR count). The van der Waals surface area contributed by atoms with Gasteiger partial charge in [0, 0.05) is 57.7 Å². The zero-order valence-corrected chi connectivity index (χ0v) is 13.5. The van der Waals surface area contributed by atoms with Gasteiger partial charge in [-0.05, 0) is 25.8 Å². The molecule has 0 unspecified atom stereocenters. The van der Waals surface area contributed by atoms with E-state index in [0.29, 0.717) is 5.92 Å². The molecule has 0 radical (unpaired) electrons. The van der Waals surface area contributed by atoms with Crippen LogP contribution in [0.3, 0.4) is 0 Å². The molecule has 3 fully saturated rings. The average molecular weight is 295 g/mol. The van der Waals surface area contributed by atoms with E-state index in [-0.39, 0.29) is 11.4 Å². The maximum absolute atomic E-state index is 12.6. The zero-order chi connectivity index (χ0) is 14.9. The van der Waals surface area contributed by atoms with Crippen LogP contribution in [-0.2, 0) is 4.74 Å². The molecule has 0 aliphatic carbocycles. The first-order chi connectivity index (χ1) is 10.2. The standard InChI is InChI=1S/C16H29N3O2/c1-3-17-10-14(11-21-2)16(12-17)6-9-19(13-16)15(20)18-7-4-5-8-18/h14H,3-13H2,1-2H3/t14-,16+/m1/s1. The number of hydrogen-bond acceptors (Lipinski definition) is 3. The third-order valence-electron chi connectivity index (χ3n) is 5.73. The summed E-state index contributed by atoms with van der Waals surface area (Å²) in [7, 11) is 1.80. The summed E-state index contributed by atoms with van der Waals surface area (Å²) >= 11 is 0. The highest BCUT2D eigenvalue weighted by molar-refractivity contribution is 5.75. The number of carbonyl (C=O) groups excluding carboxylic acids is 1. The molecule has 3 aliphatic heterocycles. The second kappa shape index (κ2) is 6.13. The van der Waals surface area contributed by atoms with Crippen molar-refractivity contribution in [2.45, 2.75) is 26.2 Å². The van der Waals surface area contributed by atoms with Crippen molar-refractivity contribution in [2.24, 2.45) is 11.3 Å². The summed E-state index contributed by atoms with van der Waals surface area (Å²) in [5, 5.41) is 0.